The highest BCUT2D eigenvalue weighted by Crippen LogP contribution is 2.17. The van der Waals surface area contributed by atoms with Crippen LogP contribution < -0.4 is 4.74 Å². The molecule has 0 unspecified atom stereocenters. The molecular weight excluding hydrogens is 450 g/mol. The second-order valence-electron chi connectivity index (χ2n) is 9.48. The Morgan fingerprint density at radius 1 is 0.917 bits per heavy atom. The largest absolute Gasteiger partial charge is 0.497 e. The second kappa shape index (κ2) is 13.5. The summed E-state index contributed by atoms with van der Waals surface area (Å²) < 4.78 is 7.53. The third-order valence-corrected chi connectivity index (χ3v) is 6.25. The Kier molecular flexibility index (Phi) is 10.2. The van der Waals surface area contributed by atoms with Crippen LogP contribution in [-0.4, -0.2) is 46.4 Å². The van der Waals surface area contributed by atoms with E-state index in [0.717, 1.165) is 35.4 Å². The predicted octanol–water partition coefficient (Wildman–Crippen LogP) is 5.36. The third kappa shape index (κ3) is 7.74. The third-order valence-electron chi connectivity index (χ3n) is 6.25. The van der Waals surface area contributed by atoms with Gasteiger partial charge in [-0.15, -0.1) is 0 Å². The molecule has 2 aromatic carbocycles. The number of carbonyl (C=O) groups is 2. The Morgan fingerprint density at radius 2 is 1.67 bits per heavy atom. The molecule has 192 valence electrons. The molecule has 3 aromatic rings. The van der Waals surface area contributed by atoms with Gasteiger partial charge in [0.05, 0.1) is 20.2 Å². The highest BCUT2D eigenvalue weighted by molar-refractivity contribution is 5.85. The van der Waals surface area contributed by atoms with Crippen LogP contribution >= 0.6 is 0 Å². The lowest BCUT2D eigenvalue weighted by atomic mass is 10.1. The van der Waals surface area contributed by atoms with Crippen LogP contribution in [0.4, 0.5) is 0 Å². The van der Waals surface area contributed by atoms with Crippen molar-refractivity contribution in [2.45, 2.75) is 53.2 Å². The lowest BCUT2D eigenvalue weighted by Gasteiger charge is -2.29. The zero-order valence-electron chi connectivity index (χ0n) is 22.0. The van der Waals surface area contributed by atoms with E-state index < -0.39 is 0 Å². The van der Waals surface area contributed by atoms with Gasteiger partial charge in [0, 0.05) is 37.4 Å². The van der Waals surface area contributed by atoms with Gasteiger partial charge < -0.3 is 19.1 Å². The molecule has 0 fully saturated rings. The molecule has 1 aromatic heterocycles. The molecule has 2 amide bonds. The van der Waals surface area contributed by atoms with Gasteiger partial charge in [0.1, 0.15) is 5.75 Å². The number of ether oxygens (including phenoxy) is 1. The SMILES string of the molecule is CCCCN(CC(=O)N(Cc1ccccc1)Cc1cccn1Cc1cccc(OC)c1)C(=O)C(C)C. The standard InChI is InChI=1S/C30H39N3O3/c1-5-6-17-32(30(35)24(2)3)23-29(34)33(20-25-12-8-7-9-13-25)22-27-15-11-18-31(27)21-26-14-10-16-28(19-26)36-4/h7-16,18-19,24H,5-6,17,20-23H2,1-4H3. The number of aromatic nitrogens is 1. The average molecular weight is 490 g/mol. The molecule has 36 heavy (non-hydrogen) atoms. The van der Waals surface area contributed by atoms with Crippen LogP contribution in [0.25, 0.3) is 0 Å². The molecule has 0 radical (unpaired) electrons. The summed E-state index contributed by atoms with van der Waals surface area (Å²) >= 11 is 0. The molecule has 0 saturated carbocycles. The maximum Gasteiger partial charge on any atom is 0.242 e. The zero-order valence-corrected chi connectivity index (χ0v) is 22.0. The van der Waals surface area contributed by atoms with Crippen LogP contribution in [0.5, 0.6) is 5.75 Å². The molecule has 6 heteroatoms. The fourth-order valence-electron chi connectivity index (χ4n) is 4.19. The van der Waals surface area contributed by atoms with Crippen molar-refractivity contribution >= 4 is 11.8 Å². The van der Waals surface area contributed by atoms with E-state index in [4.69, 9.17) is 4.74 Å². The van der Waals surface area contributed by atoms with E-state index in [2.05, 4.69) is 23.6 Å². The van der Waals surface area contributed by atoms with E-state index in [-0.39, 0.29) is 24.3 Å². The van der Waals surface area contributed by atoms with Gasteiger partial charge in [-0.25, -0.2) is 0 Å². The minimum atomic E-state index is -0.141. The van der Waals surface area contributed by atoms with Crippen LogP contribution in [0.1, 0.15) is 50.4 Å². The summed E-state index contributed by atoms with van der Waals surface area (Å²) in [6, 6.07) is 22.1. The van der Waals surface area contributed by atoms with Gasteiger partial charge in [-0.05, 0) is 41.8 Å². The summed E-state index contributed by atoms with van der Waals surface area (Å²) in [5.74, 6) is 0.664. The summed E-state index contributed by atoms with van der Waals surface area (Å²) in [6.07, 6.45) is 3.89. The molecule has 0 bridgehead atoms. The summed E-state index contributed by atoms with van der Waals surface area (Å²) in [6.45, 7) is 8.20. The lowest BCUT2D eigenvalue weighted by molar-refractivity contribution is -0.143. The number of amides is 2. The highest BCUT2D eigenvalue weighted by Gasteiger charge is 2.23. The first-order valence-electron chi connectivity index (χ1n) is 12.8. The maximum absolute atomic E-state index is 13.6. The predicted molar refractivity (Wildman–Crippen MR) is 144 cm³/mol. The molecule has 0 saturated heterocycles. The van der Waals surface area contributed by atoms with Crippen LogP contribution in [0.3, 0.4) is 0 Å². The van der Waals surface area contributed by atoms with Gasteiger partial charge in [-0.3, -0.25) is 9.59 Å². The van der Waals surface area contributed by atoms with Crippen molar-refractivity contribution in [3.63, 3.8) is 0 Å². The van der Waals surface area contributed by atoms with Crippen molar-refractivity contribution in [1.29, 1.82) is 0 Å². The van der Waals surface area contributed by atoms with Gasteiger partial charge in [0.15, 0.2) is 0 Å². The number of nitrogens with zero attached hydrogens (tertiary/aromatic N) is 3. The van der Waals surface area contributed by atoms with E-state index in [9.17, 15) is 9.59 Å². The van der Waals surface area contributed by atoms with Crippen molar-refractivity contribution in [3.05, 3.63) is 89.7 Å². The van der Waals surface area contributed by atoms with Gasteiger partial charge in [-0.2, -0.15) is 0 Å². The zero-order chi connectivity index (χ0) is 25.9. The van der Waals surface area contributed by atoms with Crippen LogP contribution in [-0.2, 0) is 29.2 Å². The van der Waals surface area contributed by atoms with E-state index >= 15 is 0 Å². The van der Waals surface area contributed by atoms with Crippen molar-refractivity contribution < 1.29 is 14.3 Å². The minimum absolute atomic E-state index is 0.0258. The summed E-state index contributed by atoms with van der Waals surface area (Å²) in [7, 11) is 1.67. The molecule has 3 rings (SSSR count). The summed E-state index contributed by atoms with van der Waals surface area (Å²) in [5, 5.41) is 0. The second-order valence-corrected chi connectivity index (χ2v) is 9.48. The average Bonchev–Trinajstić information content (AvgIpc) is 3.32. The van der Waals surface area contributed by atoms with Gasteiger partial charge in [0.2, 0.25) is 11.8 Å². The Bertz CT molecular complexity index is 1110. The molecule has 6 nitrogen and oxygen atoms in total. The minimum Gasteiger partial charge on any atom is -0.497 e. The van der Waals surface area contributed by atoms with Crippen molar-refractivity contribution in [2.24, 2.45) is 5.92 Å². The maximum atomic E-state index is 13.6. The molecule has 0 N–H and O–H groups in total. The molecule has 1 heterocycles. The van der Waals surface area contributed by atoms with Crippen molar-refractivity contribution in [3.8, 4) is 5.75 Å². The van der Waals surface area contributed by atoms with Crippen LogP contribution in [0, 0.1) is 5.92 Å². The van der Waals surface area contributed by atoms with Crippen LogP contribution in [0.15, 0.2) is 72.9 Å². The summed E-state index contributed by atoms with van der Waals surface area (Å²) in [4.78, 5) is 30.1. The lowest BCUT2D eigenvalue weighted by Crippen LogP contribution is -2.44. The van der Waals surface area contributed by atoms with E-state index in [1.807, 2.05) is 79.5 Å². The van der Waals surface area contributed by atoms with Crippen molar-refractivity contribution in [1.82, 2.24) is 14.4 Å². The monoisotopic (exact) mass is 489 g/mol. The number of methoxy groups -OCH3 is 1. The van der Waals surface area contributed by atoms with Gasteiger partial charge in [0.25, 0.3) is 0 Å². The number of carbonyl (C=O) groups excluding carboxylic acids is 2. The van der Waals surface area contributed by atoms with E-state index in [0.29, 0.717) is 26.2 Å². The molecule has 0 aliphatic heterocycles. The summed E-state index contributed by atoms with van der Waals surface area (Å²) in [5.41, 5.74) is 3.23. The smallest absolute Gasteiger partial charge is 0.242 e. The number of rotatable bonds is 13. The molecule has 0 atom stereocenters. The highest BCUT2D eigenvalue weighted by atomic mass is 16.5. The molecule has 0 spiro atoms. The normalized spacial score (nSPS) is 10.9. The van der Waals surface area contributed by atoms with Crippen molar-refractivity contribution in [2.75, 3.05) is 20.2 Å². The number of hydrogen-bond donors (Lipinski definition) is 0. The number of benzene rings is 2. The Labute approximate surface area is 215 Å². The van der Waals surface area contributed by atoms with Gasteiger partial charge in [-0.1, -0.05) is 69.7 Å². The van der Waals surface area contributed by atoms with E-state index in [1.165, 1.54) is 0 Å². The van der Waals surface area contributed by atoms with Crippen LogP contribution in [0.2, 0.25) is 0 Å². The number of unbranched alkanes of at least 4 members (excludes halogenated alkanes) is 1. The quantitative estimate of drug-likeness (QED) is 0.325. The fourth-order valence-corrected chi connectivity index (χ4v) is 4.19. The Hall–Kier alpha value is -3.54. The van der Waals surface area contributed by atoms with E-state index in [1.54, 1.807) is 12.0 Å². The first-order chi connectivity index (χ1) is 17.4. The number of hydrogen-bond acceptors (Lipinski definition) is 3. The van der Waals surface area contributed by atoms with Gasteiger partial charge >= 0.3 is 0 Å². The fraction of sp³-hybridized carbons (Fsp3) is 0.400. The topological polar surface area (TPSA) is 54.8 Å². The Morgan fingerprint density at radius 3 is 2.36 bits per heavy atom. The first kappa shape index (κ1) is 27.1. The molecule has 0 aliphatic rings. The molecule has 0 aliphatic carbocycles. The first-order valence-corrected chi connectivity index (χ1v) is 12.8. The molecular formula is C30H39N3O3. The Balaban J connectivity index is 1.82.